The highest BCUT2D eigenvalue weighted by Crippen LogP contribution is 2.36. The Morgan fingerprint density at radius 3 is 2.62 bits per heavy atom. The molecule has 0 fully saturated rings. The molecule has 0 bridgehead atoms. The summed E-state index contributed by atoms with van der Waals surface area (Å²) in [6, 6.07) is 24.0. The van der Waals surface area contributed by atoms with Crippen molar-refractivity contribution in [3.63, 3.8) is 0 Å². The molecule has 0 spiro atoms. The monoisotopic (exact) mass is 400 g/mol. The van der Waals surface area contributed by atoms with Gasteiger partial charge in [0.25, 0.3) is 5.91 Å². The molecule has 2 heterocycles. The maximum Gasteiger partial charge on any atom is 0.256 e. The van der Waals surface area contributed by atoms with E-state index in [4.69, 9.17) is 0 Å². The van der Waals surface area contributed by atoms with Crippen molar-refractivity contribution in [2.75, 3.05) is 12.3 Å². The summed E-state index contributed by atoms with van der Waals surface area (Å²) < 4.78 is 1.87. The van der Waals surface area contributed by atoms with Crippen molar-refractivity contribution in [3.8, 4) is 0 Å². The summed E-state index contributed by atoms with van der Waals surface area (Å²) in [5.41, 5.74) is 4.75. The van der Waals surface area contributed by atoms with E-state index in [9.17, 15) is 4.79 Å². The van der Waals surface area contributed by atoms with Gasteiger partial charge in [0.15, 0.2) is 6.17 Å². The SMILES string of the molecule is Cc1ccccc1SCCN1C(=O)c2ccccc2C1n1nnc2ccccc21. The van der Waals surface area contributed by atoms with Crippen molar-refractivity contribution in [2.45, 2.75) is 18.0 Å². The van der Waals surface area contributed by atoms with Crippen LogP contribution in [-0.2, 0) is 0 Å². The molecule has 0 radical (unpaired) electrons. The van der Waals surface area contributed by atoms with Gasteiger partial charge in [0, 0.05) is 28.3 Å². The Hall–Kier alpha value is -3.12. The molecule has 0 aliphatic carbocycles. The molecular formula is C23H20N4OS. The molecular weight excluding hydrogens is 380 g/mol. The Bertz CT molecular complexity index is 1200. The highest BCUT2D eigenvalue weighted by molar-refractivity contribution is 7.99. The van der Waals surface area contributed by atoms with E-state index in [0.29, 0.717) is 6.54 Å². The Morgan fingerprint density at radius 1 is 0.966 bits per heavy atom. The van der Waals surface area contributed by atoms with Crippen LogP contribution in [0.1, 0.15) is 27.7 Å². The van der Waals surface area contributed by atoms with E-state index in [1.54, 1.807) is 11.8 Å². The second kappa shape index (κ2) is 7.37. The van der Waals surface area contributed by atoms with Gasteiger partial charge in [-0.2, -0.15) is 0 Å². The summed E-state index contributed by atoms with van der Waals surface area (Å²) in [6.07, 6.45) is -0.274. The fraction of sp³-hybridized carbons (Fsp3) is 0.174. The first-order chi connectivity index (χ1) is 14.2. The number of hydrogen-bond donors (Lipinski definition) is 0. The summed E-state index contributed by atoms with van der Waals surface area (Å²) in [6.45, 7) is 2.74. The van der Waals surface area contributed by atoms with Crippen LogP contribution in [0.25, 0.3) is 11.0 Å². The standard InChI is InChI=1S/C23H20N4OS/c1-16-8-2-7-13-21(16)29-15-14-26-22(17-9-3-4-10-18(17)23(26)28)27-20-12-6-5-11-19(20)24-25-27/h2-13,22H,14-15H2,1H3. The van der Waals surface area contributed by atoms with Crippen molar-refractivity contribution < 1.29 is 4.79 Å². The van der Waals surface area contributed by atoms with Gasteiger partial charge in [-0.15, -0.1) is 16.9 Å². The van der Waals surface area contributed by atoms with Crippen LogP contribution in [-0.4, -0.2) is 38.1 Å². The molecule has 1 amide bonds. The highest BCUT2D eigenvalue weighted by atomic mass is 32.2. The molecule has 1 unspecified atom stereocenters. The number of nitrogens with zero attached hydrogens (tertiary/aromatic N) is 4. The number of para-hydroxylation sites is 1. The Morgan fingerprint density at radius 2 is 1.72 bits per heavy atom. The van der Waals surface area contributed by atoms with Crippen molar-refractivity contribution in [2.24, 2.45) is 0 Å². The van der Waals surface area contributed by atoms with Crippen LogP contribution in [0.15, 0.2) is 77.7 Å². The highest BCUT2D eigenvalue weighted by Gasteiger charge is 2.38. The lowest BCUT2D eigenvalue weighted by atomic mass is 10.1. The lowest BCUT2D eigenvalue weighted by Crippen LogP contribution is -2.34. The minimum Gasteiger partial charge on any atom is -0.311 e. The average molecular weight is 401 g/mol. The molecule has 1 aliphatic heterocycles. The van der Waals surface area contributed by atoms with E-state index in [-0.39, 0.29) is 12.1 Å². The fourth-order valence-electron chi connectivity index (χ4n) is 3.88. The van der Waals surface area contributed by atoms with E-state index < -0.39 is 0 Å². The average Bonchev–Trinajstić information content (AvgIpc) is 3.29. The second-order valence-electron chi connectivity index (χ2n) is 7.10. The predicted octanol–water partition coefficient (Wildman–Crippen LogP) is 4.53. The zero-order chi connectivity index (χ0) is 19.8. The molecule has 144 valence electrons. The molecule has 1 atom stereocenters. The van der Waals surface area contributed by atoms with E-state index in [1.165, 1.54) is 10.5 Å². The topological polar surface area (TPSA) is 51.0 Å². The predicted molar refractivity (Wildman–Crippen MR) is 115 cm³/mol. The molecule has 0 saturated carbocycles. The van der Waals surface area contributed by atoms with Gasteiger partial charge in [0.2, 0.25) is 0 Å². The van der Waals surface area contributed by atoms with Gasteiger partial charge >= 0.3 is 0 Å². The maximum absolute atomic E-state index is 13.2. The van der Waals surface area contributed by atoms with Crippen LogP contribution < -0.4 is 0 Å². The molecule has 5 rings (SSSR count). The van der Waals surface area contributed by atoms with Crippen molar-refractivity contribution >= 4 is 28.7 Å². The van der Waals surface area contributed by atoms with Gasteiger partial charge in [-0.05, 0) is 36.8 Å². The molecule has 3 aromatic carbocycles. The Labute approximate surface area is 173 Å². The van der Waals surface area contributed by atoms with E-state index >= 15 is 0 Å². The Kier molecular flexibility index (Phi) is 4.56. The van der Waals surface area contributed by atoms with Crippen LogP contribution in [0.2, 0.25) is 0 Å². The van der Waals surface area contributed by atoms with E-state index in [2.05, 4.69) is 35.4 Å². The normalized spacial score (nSPS) is 15.8. The first-order valence-corrected chi connectivity index (χ1v) is 10.6. The number of aryl methyl sites for hydroxylation is 1. The minimum atomic E-state index is -0.274. The van der Waals surface area contributed by atoms with Crippen LogP contribution in [0.3, 0.4) is 0 Å². The van der Waals surface area contributed by atoms with Crippen molar-refractivity contribution in [3.05, 3.63) is 89.5 Å². The third-order valence-electron chi connectivity index (χ3n) is 5.32. The van der Waals surface area contributed by atoms with Gasteiger partial charge in [-0.3, -0.25) is 4.79 Å². The largest absolute Gasteiger partial charge is 0.311 e. The number of benzene rings is 3. The summed E-state index contributed by atoms with van der Waals surface area (Å²) >= 11 is 1.78. The number of carbonyl (C=O) groups is 1. The lowest BCUT2D eigenvalue weighted by molar-refractivity contribution is 0.0706. The zero-order valence-electron chi connectivity index (χ0n) is 16.0. The quantitative estimate of drug-likeness (QED) is 0.462. The summed E-state index contributed by atoms with van der Waals surface area (Å²) in [7, 11) is 0. The molecule has 0 N–H and O–H groups in total. The van der Waals surface area contributed by atoms with Crippen molar-refractivity contribution in [1.29, 1.82) is 0 Å². The first kappa shape index (κ1) is 17.9. The summed E-state index contributed by atoms with van der Waals surface area (Å²) in [5, 5.41) is 8.71. The lowest BCUT2D eigenvalue weighted by Gasteiger charge is -2.25. The number of carbonyl (C=O) groups excluding carboxylic acids is 1. The van der Waals surface area contributed by atoms with Crippen LogP contribution >= 0.6 is 11.8 Å². The molecule has 0 saturated heterocycles. The number of amides is 1. The third kappa shape index (κ3) is 3.09. The van der Waals surface area contributed by atoms with Gasteiger partial charge < -0.3 is 4.90 Å². The van der Waals surface area contributed by atoms with Gasteiger partial charge in [-0.25, -0.2) is 4.68 Å². The van der Waals surface area contributed by atoms with E-state index in [1.807, 2.05) is 64.2 Å². The number of aromatic nitrogens is 3. The van der Waals surface area contributed by atoms with Crippen LogP contribution in [0, 0.1) is 6.92 Å². The molecule has 29 heavy (non-hydrogen) atoms. The number of fused-ring (bicyclic) bond motifs is 2. The molecule has 5 nitrogen and oxygen atoms in total. The summed E-state index contributed by atoms with van der Waals surface area (Å²) in [5.74, 6) is 0.865. The number of hydrogen-bond acceptors (Lipinski definition) is 4. The van der Waals surface area contributed by atoms with Crippen LogP contribution in [0.5, 0.6) is 0 Å². The first-order valence-electron chi connectivity index (χ1n) is 9.62. The van der Waals surface area contributed by atoms with Gasteiger partial charge in [-0.1, -0.05) is 53.7 Å². The van der Waals surface area contributed by atoms with Crippen LogP contribution in [0.4, 0.5) is 0 Å². The number of thioether (sulfide) groups is 1. The van der Waals surface area contributed by atoms with Gasteiger partial charge in [0.1, 0.15) is 5.52 Å². The molecule has 1 aliphatic rings. The third-order valence-corrected chi connectivity index (χ3v) is 6.47. The Balaban J connectivity index is 1.48. The molecule has 1 aromatic heterocycles. The summed E-state index contributed by atoms with van der Waals surface area (Å²) in [4.78, 5) is 16.4. The zero-order valence-corrected chi connectivity index (χ0v) is 16.8. The minimum absolute atomic E-state index is 0.0514. The second-order valence-corrected chi connectivity index (χ2v) is 8.23. The number of rotatable bonds is 5. The fourth-order valence-corrected chi connectivity index (χ4v) is 4.86. The smallest absolute Gasteiger partial charge is 0.256 e. The van der Waals surface area contributed by atoms with Crippen molar-refractivity contribution in [1.82, 2.24) is 19.9 Å². The van der Waals surface area contributed by atoms with Gasteiger partial charge in [0.05, 0.1) is 5.52 Å². The van der Waals surface area contributed by atoms with E-state index in [0.717, 1.165) is 27.9 Å². The maximum atomic E-state index is 13.2. The molecule has 4 aromatic rings. The molecule has 6 heteroatoms.